The Kier molecular flexibility index (Phi) is 7.35. The highest BCUT2D eigenvalue weighted by Crippen LogP contribution is 2.20. The van der Waals surface area contributed by atoms with Gasteiger partial charge in [0.15, 0.2) is 0 Å². The van der Waals surface area contributed by atoms with Crippen molar-refractivity contribution >= 4 is 29.9 Å². The van der Waals surface area contributed by atoms with Crippen LogP contribution in [0.3, 0.4) is 0 Å². The van der Waals surface area contributed by atoms with Crippen molar-refractivity contribution in [2.45, 2.75) is 19.8 Å². The predicted molar refractivity (Wildman–Crippen MR) is 90.5 cm³/mol. The van der Waals surface area contributed by atoms with Crippen LogP contribution in [0.1, 0.15) is 30.1 Å². The lowest BCUT2D eigenvalue weighted by molar-refractivity contribution is -0.119. The van der Waals surface area contributed by atoms with Gasteiger partial charge in [-0.05, 0) is 32.0 Å². The van der Waals surface area contributed by atoms with E-state index in [0.717, 1.165) is 25.9 Å². The summed E-state index contributed by atoms with van der Waals surface area (Å²) >= 11 is 0. The Hall–Kier alpha value is -1.59. The van der Waals surface area contributed by atoms with E-state index in [1.807, 2.05) is 31.0 Å². The van der Waals surface area contributed by atoms with E-state index in [4.69, 9.17) is 0 Å². The molecular weight excluding hydrogens is 302 g/mol. The molecule has 1 aliphatic heterocycles. The fourth-order valence-electron chi connectivity index (χ4n) is 2.52. The predicted octanol–water partition coefficient (Wildman–Crippen LogP) is 2.14. The van der Waals surface area contributed by atoms with E-state index in [0.29, 0.717) is 17.8 Å². The second-order valence-corrected chi connectivity index (χ2v) is 5.49. The fourth-order valence-corrected chi connectivity index (χ4v) is 2.52. The Morgan fingerprint density at radius 3 is 2.50 bits per heavy atom. The third-order valence-corrected chi connectivity index (χ3v) is 3.77. The average Bonchev–Trinajstić information content (AvgIpc) is 3.01. The summed E-state index contributed by atoms with van der Waals surface area (Å²) in [4.78, 5) is 26.5. The van der Waals surface area contributed by atoms with Crippen LogP contribution in [0, 0.1) is 5.92 Å². The molecule has 0 bridgehead atoms. The summed E-state index contributed by atoms with van der Waals surface area (Å²) in [6.45, 7) is 4.07. The number of nitrogens with one attached hydrogen (secondary N) is 2. The lowest BCUT2D eigenvalue weighted by atomic mass is 10.1. The first-order chi connectivity index (χ1) is 10.1. The molecule has 1 unspecified atom stereocenters. The Morgan fingerprint density at radius 1 is 1.23 bits per heavy atom. The van der Waals surface area contributed by atoms with Crippen molar-refractivity contribution in [3.63, 3.8) is 0 Å². The SMILES string of the molecule is CNCC(C)C(=O)Nc1ccccc1C(=O)N1CCCC1.Cl. The smallest absolute Gasteiger partial charge is 0.255 e. The molecule has 5 nitrogen and oxygen atoms in total. The Bertz CT molecular complexity index is 516. The zero-order valence-corrected chi connectivity index (χ0v) is 13.9. The van der Waals surface area contributed by atoms with Gasteiger partial charge in [-0.1, -0.05) is 19.1 Å². The van der Waals surface area contributed by atoms with Crippen LogP contribution in [0.5, 0.6) is 0 Å². The average molecular weight is 326 g/mol. The molecule has 1 atom stereocenters. The first-order valence-corrected chi connectivity index (χ1v) is 7.47. The topological polar surface area (TPSA) is 61.4 Å². The zero-order chi connectivity index (χ0) is 15.2. The summed E-state index contributed by atoms with van der Waals surface area (Å²) in [5.74, 6) is -0.222. The molecule has 0 saturated carbocycles. The molecule has 1 aromatic rings. The maximum absolute atomic E-state index is 12.5. The van der Waals surface area contributed by atoms with E-state index < -0.39 is 0 Å². The summed E-state index contributed by atoms with van der Waals surface area (Å²) < 4.78 is 0. The minimum atomic E-state index is -0.148. The number of para-hydroxylation sites is 1. The lowest BCUT2D eigenvalue weighted by Gasteiger charge is -2.19. The van der Waals surface area contributed by atoms with Gasteiger partial charge in [0.1, 0.15) is 0 Å². The van der Waals surface area contributed by atoms with E-state index in [2.05, 4.69) is 10.6 Å². The highest BCUT2D eigenvalue weighted by atomic mass is 35.5. The van der Waals surface area contributed by atoms with Crippen molar-refractivity contribution in [1.82, 2.24) is 10.2 Å². The number of amides is 2. The van der Waals surface area contributed by atoms with Crippen LogP contribution in [0.15, 0.2) is 24.3 Å². The summed E-state index contributed by atoms with van der Waals surface area (Å²) in [7, 11) is 1.81. The molecule has 0 spiro atoms. The van der Waals surface area contributed by atoms with Crippen LogP contribution in [0.2, 0.25) is 0 Å². The molecule has 2 amide bonds. The minimum absolute atomic E-state index is 0. The standard InChI is InChI=1S/C16H23N3O2.ClH/c1-12(11-17-2)15(20)18-14-8-4-3-7-13(14)16(21)19-9-5-6-10-19;/h3-4,7-8,12,17H,5-6,9-11H2,1-2H3,(H,18,20);1H. The van der Waals surface area contributed by atoms with Crippen molar-refractivity contribution < 1.29 is 9.59 Å². The van der Waals surface area contributed by atoms with Crippen LogP contribution < -0.4 is 10.6 Å². The molecule has 1 saturated heterocycles. The molecule has 0 aliphatic carbocycles. The molecule has 0 aromatic heterocycles. The largest absolute Gasteiger partial charge is 0.339 e. The number of nitrogens with zero attached hydrogens (tertiary/aromatic N) is 1. The molecule has 2 rings (SSSR count). The Balaban J connectivity index is 0.00000242. The number of halogens is 1. The molecule has 0 radical (unpaired) electrons. The van der Waals surface area contributed by atoms with E-state index in [1.54, 1.807) is 12.1 Å². The number of hydrogen-bond acceptors (Lipinski definition) is 3. The van der Waals surface area contributed by atoms with Crippen LogP contribution in [-0.2, 0) is 4.79 Å². The first kappa shape index (κ1) is 18.5. The third kappa shape index (κ3) is 4.45. The van der Waals surface area contributed by atoms with Gasteiger partial charge in [-0.3, -0.25) is 9.59 Å². The maximum atomic E-state index is 12.5. The van der Waals surface area contributed by atoms with E-state index in [9.17, 15) is 9.59 Å². The van der Waals surface area contributed by atoms with Gasteiger partial charge in [-0.15, -0.1) is 12.4 Å². The minimum Gasteiger partial charge on any atom is -0.339 e. The van der Waals surface area contributed by atoms with Gasteiger partial charge >= 0.3 is 0 Å². The van der Waals surface area contributed by atoms with Gasteiger partial charge in [0.05, 0.1) is 11.3 Å². The summed E-state index contributed by atoms with van der Waals surface area (Å²) in [6.07, 6.45) is 2.11. The molecule has 1 aliphatic rings. The van der Waals surface area contributed by atoms with Crippen molar-refractivity contribution in [2.24, 2.45) is 5.92 Å². The number of likely N-dealkylation sites (tertiary alicyclic amines) is 1. The second-order valence-electron chi connectivity index (χ2n) is 5.49. The summed E-state index contributed by atoms with van der Waals surface area (Å²) in [5, 5.41) is 5.85. The van der Waals surface area contributed by atoms with Crippen molar-refractivity contribution in [3.05, 3.63) is 29.8 Å². The van der Waals surface area contributed by atoms with Gasteiger partial charge in [-0.2, -0.15) is 0 Å². The molecule has 122 valence electrons. The number of rotatable bonds is 5. The van der Waals surface area contributed by atoms with Crippen molar-refractivity contribution in [1.29, 1.82) is 0 Å². The first-order valence-electron chi connectivity index (χ1n) is 7.47. The van der Waals surface area contributed by atoms with E-state index in [-0.39, 0.29) is 30.1 Å². The lowest BCUT2D eigenvalue weighted by Crippen LogP contribution is -2.31. The van der Waals surface area contributed by atoms with Gasteiger partial charge < -0.3 is 15.5 Å². The highest BCUT2D eigenvalue weighted by molar-refractivity contribution is 6.04. The molecule has 2 N–H and O–H groups in total. The molecule has 22 heavy (non-hydrogen) atoms. The number of benzene rings is 1. The Morgan fingerprint density at radius 2 is 1.86 bits per heavy atom. The fraction of sp³-hybridized carbons (Fsp3) is 0.500. The number of carbonyl (C=O) groups is 2. The maximum Gasteiger partial charge on any atom is 0.255 e. The zero-order valence-electron chi connectivity index (χ0n) is 13.1. The molecule has 1 heterocycles. The van der Waals surface area contributed by atoms with Crippen LogP contribution in [-0.4, -0.2) is 43.4 Å². The number of anilines is 1. The molecule has 1 aromatic carbocycles. The third-order valence-electron chi connectivity index (χ3n) is 3.77. The second kappa shape index (κ2) is 8.76. The van der Waals surface area contributed by atoms with E-state index >= 15 is 0 Å². The molecular formula is C16H24ClN3O2. The van der Waals surface area contributed by atoms with Gasteiger partial charge in [0, 0.05) is 25.6 Å². The number of carbonyl (C=O) groups excluding carboxylic acids is 2. The van der Waals surface area contributed by atoms with Crippen LogP contribution in [0.25, 0.3) is 0 Å². The number of hydrogen-bond donors (Lipinski definition) is 2. The summed E-state index contributed by atoms with van der Waals surface area (Å²) in [5.41, 5.74) is 1.17. The normalized spacial score (nSPS) is 15.1. The Labute approximate surface area is 137 Å². The highest BCUT2D eigenvalue weighted by Gasteiger charge is 2.22. The summed E-state index contributed by atoms with van der Waals surface area (Å²) in [6, 6.07) is 7.22. The molecule has 1 fully saturated rings. The van der Waals surface area contributed by atoms with Gasteiger partial charge in [-0.25, -0.2) is 0 Å². The quantitative estimate of drug-likeness (QED) is 0.872. The van der Waals surface area contributed by atoms with Crippen molar-refractivity contribution in [3.8, 4) is 0 Å². The van der Waals surface area contributed by atoms with Crippen molar-refractivity contribution in [2.75, 3.05) is 32.0 Å². The van der Waals surface area contributed by atoms with Crippen LogP contribution >= 0.6 is 12.4 Å². The van der Waals surface area contributed by atoms with E-state index in [1.165, 1.54) is 0 Å². The van der Waals surface area contributed by atoms with Crippen LogP contribution in [0.4, 0.5) is 5.69 Å². The van der Waals surface area contributed by atoms with Gasteiger partial charge in [0.2, 0.25) is 5.91 Å². The molecule has 6 heteroatoms. The van der Waals surface area contributed by atoms with Gasteiger partial charge in [0.25, 0.3) is 5.91 Å². The monoisotopic (exact) mass is 325 g/mol.